The Morgan fingerprint density at radius 3 is 2.38 bits per heavy atom. The molecule has 0 saturated carbocycles. The van der Waals surface area contributed by atoms with Gasteiger partial charge in [0.15, 0.2) is 0 Å². The van der Waals surface area contributed by atoms with Gasteiger partial charge in [0.05, 0.1) is 0 Å². The van der Waals surface area contributed by atoms with E-state index in [1.807, 2.05) is 51.1 Å². The van der Waals surface area contributed by atoms with E-state index in [4.69, 9.17) is 15.6 Å². The molecule has 1 saturated heterocycles. The molecule has 2 rings (SSSR count). The summed E-state index contributed by atoms with van der Waals surface area (Å²) in [6.07, 6.45) is 2.29. The van der Waals surface area contributed by atoms with Crippen molar-refractivity contribution in [2.45, 2.75) is 57.7 Å². The van der Waals surface area contributed by atoms with E-state index in [0.29, 0.717) is 6.42 Å². The van der Waals surface area contributed by atoms with Gasteiger partial charge in [-0.15, -0.1) is 0 Å². The minimum absolute atomic E-state index is 0.269. The van der Waals surface area contributed by atoms with Crippen molar-refractivity contribution >= 4 is 11.9 Å². The maximum atomic E-state index is 11.6. The van der Waals surface area contributed by atoms with Crippen molar-refractivity contribution in [1.29, 1.82) is 0 Å². The molecular weight excluding hydrogens is 308 g/mol. The lowest BCUT2D eigenvalue weighted by molar-refractivity contribution is -0.156. The summed E-state index contributed by atoms with van der Waals surface area (Å²) in [5.41, 5.74) is 6.34. The monoisotopic (exact) mass is 336 g/mol. The third-order valence-corrected chi connectivity index (χ3v) is 3.37. The summed E-state index contributed by atoms with van der Waals surface area (Å²) in [7, 11) is 0. The quantitative estimate of drug-likeness (QED) is 0.724. The van der Waals surface area contributed by atoms with Crippen molar-refractivity contribution in [2.24, 2.45) is 5.73 Å². The molecule has 1 aliphatic rings. The molecule has 1 aromatic rings. The van der Waals surface area contributed by atoms with E-state index in [9.17, 15) is 9.59 Å². The predicted octanol–water partition coefficient (Wildman–Crippen LogP) is 1.72. The summed E-state index contributed by atoms with van der Waals surface area (Å²) >= 11 is 0. The van der Waals surface area contributed by atoms with E-state index >= 15 is 0 Å². The van der Waals surface area contributed by atoms with Crippen LogP contribution in [0.3, 0.4) is 0 Å². The molecule has 0 radical (unpaired) electrons. The lowest BCUT2D eigenvalue weighted by Gasteiger charge is -2.22. The van der Waals surface area contributed by atoms with Crippen molar-refractivity contribution in [3.05, 3.63) is 35.9 Å². The minimum Gasteiger partial charge on any atom is -0.480 e. The second-order valence-corrected chi connectivity index (χ2v) is 6.82. The van der Waals surface area contributed by atoms with Crippen LogP contribution in [-0.4, -0.2) is 41.3 Å². The molecule has 1 aliphatic heterocycles. The van der Waals surface area contributed by atoms with E-state index in [-0.39, 0.29) is 12.0 Å². The first kappa shape index (κ1) is 20.1. The van der Waals surface area contributed by atoms with Gasteiger partial charge < -0.3 is 20.9 Å². The average Bonchev–Trinajstić information content (AvgIpc) is 3.01. The van der Waals surface area contributed by atoms with Gasteiger partial charge in [-0.25, -0.2) is 0 Å². The number of benzene rings is 1. The zero-order chi connectivity index (χ0) is 18.2. The molecule has 0 aromatic heterocycles. The molecule has 6 heteroatoms. The Bertz CT molecular complexity index is 520. The second-order valence-electron chi connectivity index (χ2n) is 6.82. The molecule has 1 aromatic carbocycles. The van der Waals surface area contributed by atoms with Crippen molar-refractivity contribution in [1.82, 2.24) is 5.32 Å². The third kappa shape index (κ3) is 8.08. The summed E-state index contributed by atoms with van der Waals surface area (Å²) in [6, 6.07) is 8.82. The second kappa shape index (κ2) is 9.39. The average molecular weight is 336 g/mol. The zero-order valence-corrected chi connectivity index (χ0v) is 14.6. The van der Waals surface area contributed by atoms with Gasteiger partial charge in [-0.05, 0) is 52.1 Å². The number of esters is 1. The number of hydrogen-bond acceptors (Lipinski definition) is 5. The molecule has 134 valence electrons. The van der Waals surface area contributed by atoms with Gasteiger partial charge in [0, 0.05) is 0 Å². The summed E-state index contributed by atoms with van der Waals surface area (Å²) < 4.78 is 5.21. The number of aliphatic carboxylic acids is 1. The van der Waals surface area contributed by atoms with E-state index in [2.05, 4.69) is 5.32 Å². The first-order valence-electron chi connectivity index (χ1n) is 8.17. The maximum Gasteiger partial charge on any atom is 0.323 e. The number of rotatable bonds is 4. The Labute approximate surface area is 143 Å². The van der Waals surface area contributed by atoms with Gasteiger partial charge in [-0.1, -0.05) is 30.3 Å². The molecule has 4 N–H and O–H groups in total. The fourth-order valence-corrected chi connectivity index (χ4v) is 2.22. The number of nitrogens with one attached hydrogen (secondary N) is 1. The first-order chi connectivity index (χ1) is 11.2. The number of carbonyl (C=O) groups excluding carboxylic acids is 1. The predicted molar refractivity (Wildman–Crippen MR) is 92.6 cm³/mol. The molecule has 1 heterocycles. The van der Waals surface area contributed by atoms with Crippen molar-refractivity contribution < 1.29 is 19.4 Å². The van der Waals surface area contributed by atoms with E-state index in [1.165, 1.54) is 0 Å². The maximum absolute atomic E-state index is 11.6. The Morgan fingerprint density at radius 2 is 1.96 bits per heavy atom. The topological polar surface area (TPSA) is 102 Å². The molecule has 24 heavy (non-hydrogen) atoms. The Balaban J connectivity index is 0.000000300. The van der Waals surface area contributed by atoms with Crippen molar-refractivity contribution in [3.63, 3.8) is 0 Å². The molecule has 1 fully saturated rings. The molecule has 0 spiro atoms. The summed E-state index contributed by atoms with van der Waals surface area (Å²) in [5, 5.41) is 11.2. The van der Waals surface area contributed by atoms with E-state index < -0.39 is 17.6 Å². The molecule has 0 aliphatic carbocycles. The fourth-order valence-electron chi connectivity index (χ4n) is 2.22. The normalized spacial score (nSPS) is 18.2. The van der Waals surface area contributed by atoms with Crippen LogP contribution < -0.4 is 11.1 Å². The number of carboxylic acid groups (broad SMARTS) is 1. The van der Waals surface area contributed by atoms with Crippen LogP contribution in [0.1, 0.15) is 39.2 Å². The van der Waals surface area contributed by atoms with Gasteiger partial charge >= 0.3 is 11.9 Å². The zero-order valence-electron chi connectivity index (χ0n) is 14.6. The van der Waals surface area contributed by atoms with Crippen LogP contribution in [0.4, 0.5) is 0 Å². The fraction of sp³-hybridized carbons (Fsp3) is 0.556. The lowest BCUT2D eigenvalue weighted by atomic mass is 10.1. The van der Waals surface area contributed by atoms with E-state index in [1.54, 1.807) is 0 Å². The standard InChI is InChI=1S/C13H19NO2.C5H9NO2/c1-13(2,3)16-12(15)11(14)9-10-7-5-4-6-8-10;7-5(8)4-2-1-3-6-4/h4-8,11H,9,14H2,1-3H3;4,6H,1-3H2,(H,7,8)/t11-;4-/m00/s1. The van der Waals surface area contributed by atoms with Crippen LogP contribution in [0.15, 0.2) is 30.3 Å². The molecule has 0 bridgehead atoms. The molecule has 2 atom stereocenters. The van der Waals surface area contributed by atoms with Gasteiger partial charge in [0.25, 0.3) is 0 Å². The van der Waals surface area contributed by atoms with E-state index in [0.717, 1.165) is 24.9 Å². The molecular formula is C18H28N2O4. The summed E-state index contributed by atoms with van der Waals surface area (Å²) in [4.78, 5) is 21.8. The van der Waals surface area contributed by atoms with Crippen LogP contribution >= 0.6 is 0 Å². The largest absolute Gasteiger partial charge is 0.480 e. The summed E-state index contributed by atoms with van der Waals surface area (Å²) in [6.45, 7) is 6.36. The Morgan fingerprint density at radius 1 is 1.33 bits per heavy atom. The van der Waals surface area contributed by atoms with Gasteiger partial charge in [0.2, 0.25) is 0 Å². The SMILES string of the molecule is CC(C)(C)OC(=O)[C@@H](N)Cc1ccccc1.O=C(O)[C@@H]1CCCN1. The molecule has 6 nitrogen and oxygen atoms in total. The highest BCUT2D eigenvalue weighted by atomic mass is 16.6. The first-order valence-corrected chi connectivity index (χ1v) is 8.17. The van der Waals surface area contributed by atoms with Crippen molar-refractivity contribution in [3.8, 4) is 0 Å². The number of ether oxygens (including phenoxy) is 1. The number of hydrogen-bond donors (Lipinski definition) is 3. The minimum atomic E-state index is -0.720. The Hall–Kier alpha value is -1.92. The molecule has 0 amide bonds. The Kier molecular flexibility index (Phi) is 7.88. The highest BCUT2D eigenvalue weighted by molar-refractivity contribution is 5.76. The van der Waals surface area contributed by atoms with Crippen molar-refractivity contribution in [2.75, 3.05) is 6.54 Å². The number of carbonyl (C=O) groups is 2. The van der Waals surface area contributed by atoms with Gasteiger partial charge in [0.1, 0.15) is 17.7 Å². The summed E-state index contributed by atoms with van der Waals surface area (Å²) in [5.74, 6) is -1.07. The number of nitrogens with two attached hydrogens (primary N) is 1. The highest BCUT2D eigenvalue weighted by Crippen LogP contribution is 2.10. The van der Waals surface area contributed by atoms with Crippen LogP contribution in [0.25, 0.3) is 0 Å². The van der Waals surface area contributed by atoms with Gasteiger partial charge in [-0.3, -0.25) is 9.59 Å². The molecule has 0 unspecified atom stereocenters. The van der Waals surface area contributed by atoms with Crippen LogP contribution in [0.2, 0.25) is 0 Å². The van der Waals surface area contributed by atoms with Crippen LogP contribution in [0.5, 0.6) is 0 Å². The van der Waals surface area contributed by atoms with Crippen LogP contribution in [-0.2, 0) is 20.7 Å². The third-order valence-electron chi connectivity index (χ3n) is 3.37. The highest BCUT2D eigenvalue weighted by Gasteiger charge is 2.22. The number of carboxylic acids is 1. The lowest BCUT2D eigenvalue weighted by Crippen LogP contribution is -2.38. The smallest absolute Gasteiger partial charge is 0.323 e. The van der Waals surface area contributed by atoms with Gasteiger partial charge in [-0.2, -0.15) is 0 Å². The van der Waals surface area contributed by atoms with Crippen LogP contribution in [0, 0.1) is 0 Å².